The summed E-state index contributed by atoms with van der Waals surface area (Å²) in [4.78, 5) is 16.7. The summed E-state index contributed by atoms with van der Waals surface area (Å²) in [5.41, 5.74) is 0.738. The molecule has 0 spiro atoms. The Bertz CT molecular complexity index is 469. The summed E-state index contributed by atoms with van der Waals surface area (Å²) in [5.74, 6) is 0.452. The van der Waals surface area contributed by atoms with Gasteiger partial charge >= 0.3 is 0 Å². The van der Waals surface area contributed by atoms with Crippen molar-refractivity contribution in [3.05, 3.63) is 17.8 Å². The summed E-state index contributed by atoms with van der Waals surface area (Å²) in [7, 11) is 0. The maximum atomic E-state index is 12.4. The minimum absolute atomic E-state index is 0.142. The van der Waals surface area contributed by atoms with Gasteiger partial charge in [-0.2, -0.15) is 0 Å². The van der Waals surface area contributed by atoms with Gasteiger partial charge in [0.1, 0.15) is 5.60 Å². The van der Waals surface area contributed by atoms with Crippen molar-refractivity contribution >= 4 is 11.6 Å². The summed E-state index contributed by atoms with van der Waals surface area (Å²) in [5, 5.41) is 2.88. The zero-order chi connectivity index (χ0) is 15.9. The van der Waals surface area contributed by atoms with Crippen LogP contribution in [0.1, 0.15) is 46.1 Å². The summed E-state index contributed by atoms with van der Waals surface area (Å²) in [6.07, 6.45) is 3.16. The maximum absolute atomic E-state index is 12.4. The highest BCUT2D eigenvalue weighted by atomic mass is 16.5. The first-order valence-corrected chi connectivity index (χ1v) is 7.51. The summed E-state index contributed by atoms with van der Waals surface area (Å²) >= 11 is 0. The van der Waals surface area contributed by atoms with Crippen LogP contribution in [0.15, 0.2) is 12.3 Å². The van der Waals surface area contributed by atoms with Gasteiger partial charge in [0.05, 0.1) is 18.5 Å². The average Bonchev–Trinajstić information content (AvgIpc) is 2.42. The number of amides is 1. The van der Waals surface area contributed by atoms with Crippen LogP contribution in [0.3, 0.4) is 0 Å². The van der Waals surface area contributed by atoms with Gasteiger partial charge in [-0.1, -0.05) is 13.3 Å². The molecular formula is C16H26N2O3. The third kappa shape index (κ3) is 4.70. The van der Waals surface area contributed by atoms with E-state index in [1.807, 2.05) is 40.7 Å². The van der Waals surface area contributed by atoms with Crippen LogP contribution in [-0.4, -0.2) is 29.7 Å². The van der Waals surface area contributed by atoms with E-state index in [0.29, 0.717) is 31.2 Å². The molecule has 1 heterocycles. The van der Waals surface area contributed by atoms with E-state index in [4.69, 9.17) is 9.47 Å². The van der Waals surface area contributed by atoms with Crippen molar-refractivity contribution in [3.8, 4) is 5.88 Å². The van der Waals surface area contributed by atoms with Crippen LogP contribution in [-0.2, 0) is 9.53 Å². The number of aryl methyl sites for hydroxylation is 1. The predicted octanol–water partition coefficient (Wildman–Crippen LogP) is 3.32. The SMILES string of the molecule is CCCC(C)(OCC)C(=O)Nc1cnc(OCC)c(C)c1. The number of nitrogens with one attached hydrogen (secondary N) is 1. The van der Waals surface area contributed by atoms with Gasteiger partial charge < -0.3 is 14.8 Å². The summed E-state index contributed by atoms with van der Waals surface area (Å²) in [6, 6.07) is 1.86. The van der Waals surface area contributed by atoms with Crippen LogP contribution in [0.5, 0.6) is 5.88 Å². The van der Waals surface area contributed by atoms with Crippen LogP contribution in [0.25, 0.3) is 0 Å². The van der Waals surface area contributed by atoms with Gasteiger partial charge in [-0.05, 0) is 40.2 Å². The first kappa shape index (κ1) is 17.4. The smallest absolute Gasteiger partial charge is 0.256 e. The fourth-order valence-electron chi connectivity index (χ4n) is 2.23. The number of rotatable bonds is 8. The molecule has 0 aliphatic heterocycles. The fraction of sp³-hybridized carbons (Fsp3) is 0.625. The number of hydrogen-bond acceptors (Lipinski definition) is 4. The molecule has 21 heavy (non-hydrogen) atoms. The second-order valence-electron chi connectivity index (χ2n) is 5.15. The molecule has 1 amide bonds. The Morgan fingerprint density at radius 1 is 1.33 bits per heavy atom. The number of pyridine rings is 1. The standard InChI is InChI=1S/C16H26N2O3/c1-6-9-16(5,21-8-3)15(19)18-13-10-12(4)14(17-11-13)20-7-2/h10-11H,6-9H2,1-5H3,(H,18,19). The number of nitrogens with zero attached hydrogens (tertiary/aromatic N) is 1. The van der Waals surface area contributed by atoms with E-state index in [-0.39, 0.29) is 5.91 Å². The Morgan fingerprint density at radius 2 is 2.05 bits per heavy atom. The first-order chi connectivity index (χ1) is 9.96. The Kier molecular flexibility index (Phi) is 6.62. The molecule has 1 N–H and O–H groups in total. The van der Waals surface area contributed by atoms with E-state index in [1.54, 1.807) is 6.20 Å². The van der Waals surface area contributed by atoms with E-state index >= 15 is 0 Å². The molecule has 0 aliphatic rings. The molecule has 1 rings (SSSR count). The molecule has 0 aliphatic carbocycles. The quantitative estimate of drug-likeness (QED) is 0.799. The number of ether oxygens (including phenoxy) is 2. The predicted molar refractivity (Wildman–Crippen MR) is 83.7 cm³/mol. The molecule has 1 atom stereocenters. The highest BCUT2D eigenvalue weighted by molar-refractivity contribution is 5.97. The van der Waals surface area contributed by atoms with Crippen molar-refractivity contribution in [2.75, 3.05) is 18.5 Å². The highest BCUT2D eigenvalue weighted by Gasteiger charge is 2.33. The third-order valence-electron chi connectivity index (χ3n) is 3.24. The van der Waals surface area contributed by atoms with Crippen molar-refractivity contribution in [1.82, 2.24) is 4.98 Å². The number of anilines is 1. The topological polar surface area (TPSA) is 60.5 Å². The Morgan fingerprint density at radius 3 is 2.57 bits per heavy atom. The molecule has 118 valence electrons. The van der Waals surface area contributed by atoms with Crippen molar-refractivity contribution in [2.45, 2.75) is 53.1 Å². The summed E-state index contributed by atoms with van der Waals surface area (Å²) < 4.78 is 11.0. The molecule has 0 saturated carbocycles. The molecule has 0 bridgehead atoms. The Hall–Kier alpha value is -1.62. The molecule has 5 nitrogen and oxygen atoms in total. The van der Waals surface area contributed by atoms with Gasteiger partial charge in [-0.3, -0.25) is 4.79 Å². The van der Waals surface area contributed by atoms with E-state index in [2.05, 4.69) is 10.3 Å². The van der Waals surface area contributed by atoms with Gasteiger partial charge in [-0.15, -0.1) is 0 Å². The molecule has 0 radical (unpaired) electrons. The van der Waals surface area contributed by atoms with Crippen LogP contribution >= 0.6 is 0 Å². The van der Waals surface area contributed by atoms with E-state index in [1.165, 1.54) is 0 Å². The average molecular weight is 294 g/mol. The second-order valence-corrected chi connectivity index (χ2v) is 5.15. The lowest BCUT2D eigenvalue weighted by Crippen LogP contribution is -2.42. The van der Waals surface area contributed by atoms with Crippen molar-refractivity contribution in [2.24, 2.45) is 0 Å². The lowest BCUT2D eigenvalue weighted by Gasteiger charge is -2.27. The van der Waals surface area contributed by atoms with Crippen LogP contribution in [0.4, 0.5) is 5.69 Å². The molecule has 5 heteroatoms. The normalized spacial score (nSPS) is 13.6. The molecule has 0 fully saturated rings. The molecule has 1 aromatic rings. The Labute approximate surface area is 127 Å². The van der Waals surface area contributed by atoms with Gasteiger partial charge in [-0.25, -0.2) is 4.98 Å². The number of hydrogen-bond donors (Lipinski definition) is 1. The van der Waals surface area contributed by atoms with Crippen molar-refractivity contribution in [1.29, 1.82) is 0 Å². The minimum Gasteiger partial charge on any atom is -0.478 e. The summed E-state index contributed by atoms with van der Waals surface area (Å²) in [6.45, 7) is 10.6. The second kappa shape index (κ2) is 7.98. The number of aromatic nitrogens is 1. The van der Waals surface area contributed by atoms with Gasteiger partial charge in [0.2, 0.25) is 5.88 Å². The molecule has 0 saturated heterocycles. The van der Waals surface area contributed by atoms with Crippen molar-refractivity contribution < 1.29 is 14.3 Å². The Balaban J connectivity index is 2.84. The fourth-order valence-corrected chi connectivity index (χ4v) is 2.23. The van der Waals surface area contributed by atoms with Gasteiger partial charge in [0.25, 0.3) is 5.91 Å². The molecule has 1 unspecified atom stereocenters. The first-order valence-electron chi connectivity index (χ1n) is 7.51. The molecule has 0 aromatic carbocycles. The monoisotopic (exact) mass is 294 g/mol. The maximum Gasteiger partial charge on any atom is 0.256 e. The lowest BCUT2D eigenvalue weighted by molar-refractivity contribution is -0.139. The minimum atomic E-state index is -0.810. The van der Waals surface area contributed by atoms with Crippen LogP contribution in [0.2, 0.25) is 0 Å². The number of carbonyl (C=O) groups excluding carboxylic acids is 1. The van der Waals surface area contributed by atoms with Crippen LogP contribution < -0.4 is 10.1 Å². The van der Waals surface area contributed by atoms with Crippen molar-refractivity contribution in [3.63, 3.8) is 0 Å². The third-order valence-corrected chi connectivity index (χ3v) is 3.24. The van der Waals surface area contributed by atoms with Gasteiger partial charge in [0, 0.05) is 12.2 Å². The van der Waals surface area contributed by atoms with Crippen LogP contribution in [0, 0.1) is 6.92 Å². The highest BCUT2D eigenvalue weighted by Crippen LogP contribution is 2.23. The van der Waals surface area contributed by atoms with Gasteiger partial charge in [0.15, 0.2) is 0 Å². The van der Waals surface area contributed by atoms with E-state index in [0.717, 1.165) is 12.0 Å². The number of carbonyl (C=O) groups is 1. The van der Waals surface area contributed by atoms with E-state index < -0.39 is 5.60 Å². The molecular weight excluding hydrogens is 268 g/mol. The zero-order valence-corrected chi connectivity index (χ0v) is 13.7. The lowest BCUT2D eigenvalue weighted by atomic mass is 9.99. The largest absolute Gasteiger partial charge is 0.478 e. The molecule has 1 aromatic heterocycles. The zero-order valence-electron chi connectivity index (χ0n) is 13.7. The van der Waals surface area contributed by atoms with E-state index in [9.17, 15) is 4.79 Å².